The van der Waals surface area contributed by atoms with Crippen LogP contribution >= 0.6 is 0 Å². The van der Waals surface area contributed by atoms with E-state index in [-0.39, 0.29) is 0 Å². The molecule has 2 N–H and O–H groups in total. The van der Waals surface area contributed by atoms with Crippen LogP contribution in [0.4, 0.5) is 0 Å². The third-order valence-corrected chi connectivity index (χ3v) is 5.66. The van der Waals surface area contributed by atoms with E-state index < -0.39 is 10.8 Å². The average molecular weight is 302 g/mol. The quantitative estimate of drug-likeness (QED) is 0.431. The molecule has 20 heavy (non-hydrogen) atoms. The average Bonchev–Trinajstić information content (AvgIpc) is 2.49. The molecule has 4 nitrogen and oxygen atoms in total. The van der Waals surface area contributed by atoms with Gasteiger partial charge in [-0.05, 0) is 25.7 Å². The first-order valence-electron chi connectivity index (χ1n) is 8.05. The summed E-state index contributed by atoms with van der Waals surface area (Å²) in [7, 11) is 1.16. The molecule has 1 fully saturated rings. The van der Waals surface area contributed by atoms with Gasteiger partial charge in [0.15, 0.2) is 5.96 Å². The highest BCUT2D eigenvalue weighted by Crippen LogP contribution is 2.22. The van der Waals surface area contributed by atoms with Gasteiger partial charge in [-0.1, -0.05) is 33.1 Å². The fourth-order valence-electron chi connectivity index (χ4n) is 2.72. The predicted molar refractivity (Wildman–Crippen MR) is 88.7 cm³/mol. The first-order chi connectivity index (χ1) is 9.71. The van der Waals surface area contributed by atoms with Crippen LogP contribution < -0.4 is 10.6 Å². The fourth-order valence-corrected chi connectivity index (χ4v) is 4.07. The molecule has 0 aliphatic heterocycles. The van der Waals surface area contributed by atoms with Crippen LogP contribution in [0.15, 0.2) is 4.99 Å². The van der Waals surface area contributed by atoms with Gasteiger partial charge in [-0.25, -0.2) is 0 Å². The molecule has 3 unspecified atom stereocenters. The van der Waals surface area contributed by atoms with Gasteiger partial charge < -0.3 is 10.6 Å². The Morgan fingerprint density at radius 1 is 1.30 bits per heavy atom. The van der Waals surface area contributed by atoms with Crippen molar-refractivity contribution in [2.45, 2.75) is 70.1 Å². The van der Waals surface area contributed by atoms with Gasteiger partial charge in [0.1, 0.15) is 0 Å². The molecule has 1 saturated carbocycles. The first-order valence-corrected chi connectivity index (χ1v) is 9.43. The lowest BCUT2D eigenvalue weighted by molar-refractivity contribution is 0.413. The van der Waals surface area contributed by atoms with E-state index in [0.717, 1.165) is 37.5 Å². The molecule has 0 radical (unpaired) electrons. The Labute approximate surface area is 126 Å². The van der Waals surface area contributed by atoms with Gasteiger partial charge in [0.2, 0.25) is 0 Å². The van der Waals surface area contributed by atoms with E-state index in [4.69, 9.17) is 0 Å². The predicted octanol–water partition coefficient (Wildman–Crippen LogP) is 2.42. The molecule has 1 aliphatic carbocycles. The molecule has 0 heterocycles. The summed E-state index contributed by atoms with van der Waals surface area (Å²) in [6.45, 7) is 5.20. The fraction of sp³-hybridized carbons (Fsp3) is 0.933. The van der Waals surface area contributed by atoms with E-state index in [1.54, 1.807) is 0 Å². The van der Waals surface area contributed by atoms with Gasteiger partial charge >= 0.3 is 0 Å². The molecule has 3 atom stereocenters. The van der Waals surface area contributed by atoms with Gasteiger partial charge in [-0.2, -0.15) is 0 Å². The van der Waals surface area contributed by atoms with Crippen molar-refractivity contribution in [3.63, 3.8) is 0 Å². The molecule has 118 valence electrons. The minimum Gasteiger partial charge on any atom is -0.356 e. The lowest BCUT2D eigenvalue weighted by atomic mass is 9.95. The highest BCUT2D eigenvalue weighted by molar-refractivity contribution is 7.85. The van der Waals surface area contributed by atoms with Crippen molar-refractivity contribution >= 4 is 16.8 Å². The monoisotopic (exact) mass is 301 g/mol. The zero-order valence-corrected chi connectivity index (χ0v) is 14.1. The molecule has 0 saturated heterocycles. The smallest absolute Gasteiger partial charge is 0.191 e. The lowest BCUT2D eigenvalue weighted by Gasteiger charge is -2.30. The van der Waals surface area contributed by atoms with E-state index in [2.05, 4.69) is 22.5 Å². The summed E-state index contributed by atoms with van der Waals surface area (Å²) >= 11 is 0. The Balaban J connectivity index is 2.35. The SMILES string of the molecule is CCCCCNC(=NC)NC1CCCC(S(=O)CC)C1. The number of rotatable bonds is 7. The normalized spacial score (nSPS) is 25.2. The van der Waals surface area contributed by atoms with Gasteiger partial charge in [0.25, 0.3) is 0 Å². The van der Waals surface area contributed by atoms with Crippen LogP contribution in [0.25, 0.3) is 0 Å². The highest BCUT2D eigenvalue weighted by atomic mass is 32.2. The van der Waals surface area contributed by atoms with Gasteiger partial charge in [-0.15, -0.1) is 0 Å². The van der Waals surface area contributed by atoms with Crippen molar-refractivity contribution in [1.29, 1.82) is 0 Å². The van der Waals surface area contributed by atoms with Crippen LogP contribution in [0, 0.1) is 0 Å². The van der Waals surface area contributed by atoms with Gasteiger partial charge in [0, 0.05) is 41.4 Å². The van der Waals surface area contributed by atoms with Crippen molar-refractivity contribution < 1.29 is 4.21 Å². The Morgan fingerprint density at radius 3 is 2.75 bits per heavy atom. The molecular formula is C15H31N3OS. The molecule has 1 rings (SSSR count). The van der Waals surface area contributed by atoms with E-state index in [9.17, 15) is 4.21 Å². The maximum Gasteiger partial charge on any atom is 0.191 e. The second kappa shape index (κ2) is 10.2. The largest absolute Gasteiger partial charge is 0.356 e. The number of nitrogens with zero attached hydrogens (tertiary/aromatic N) is 1. The Morgan fingerprint density at radius 2 is 2.10 bits per heavy atom. The summed E-state index contributed by atoms with van der Waals surface area (Å²) < 4.78 is 11.9. The number of unbranched alkanes of at least 4 members (excludes halogenated alkanes) is 2. The minimum absolute atomic E-state index is 0.365. The number of hydrogen-bond acceptors (Lipinski definition) is 2. The van der Waals surface area contributed by atoms with Crippen molar-refractivity contribution in [2.75, 3.05) is 19.3 Å². The maximum absolute atomic E-state index is 11.9. The van der Waals surface area contributed by atoms with Crippen molar-refractivity contribution in [1.82, 2.24) is 10.6 Å². The summed E-state index contributed by atoms with van der Waals surface area (Å²) in [5.41, 5.74) is 0. The van der Waals surface area contributed by atoms with Crippen LogP contribution in [-0.4, -0.2) is 40.8 Å². The summed E-state index contributed by atoms with van der Waals surface area (Å²) in [4.78, 5) is 4.29. The molecule has 5 heteroatoms. The summed E-state index contributed by atoms with van der Waals surface area (Å²) in [6.07, 6.45) is 8.13. The molecule has 0 bridgehead atoms. The van der Waals surface area contributed by atoms with Crippen LogP contribution in [0.5, 0.6) is 0 Å². The standard InChI is InChI=1S/C15H31N3OS/c1-4-6-7-11-17-15(16-3)18-13-9-8-10-14(12-13)20(19)5-2/h13-14H,4-12H2,1-3H3,(H2,16,17,18). The van der Waals surface area contributed by atoms with Crippen molar-refractivity contribution in [2.24, 2.45) is 4.99 Å². The zero-order valence-electron chi connectivity index (χ0n) is 13.3. The summed E-state index contributed by atoms with van der Waals surface area (Å²) in [5, 5.41) is 7.23. The molecule has 0 aromatic heterocycles. The molecule has 1 aliphatic rings. The number of hydrogen-bond donors (Lipinski definition) is 2. The van der Waals surface area contributed by atoms with E-state index in [1.807, 2.05) is 14.0 Å². The maximum atomic E-state index is 11.9. The van der Waals surface area contributed by atoms with E-state index >= 15 is 0 Å². The van der Waals surface area contributed by atoms with Crippen molar-refractivity contribution in [3.8, 4) is 0 Å². The second-order valence-corrected chi connectivity index (χ2v) is 7.51. The molecule has 0 spiro atoms. The second-order valence-electron chi connectivity index (χ2n) is 5.51. The lowest BCUT2D eigenvalue weighted by Crippen LogP contribution is -2.46. The molecule has 0 aromatic rings. The first kappa shape index (κ1) is 17.5. The zero-order chi connectivity index (χ0) is 14.8. The van der Waals surface area contributed by atoms with Crippen LogP contribution in [-0.2, 0) is 10.8 Å². The number of guanidine groups is 1. The Bertz CT molecular complexity index is 320. The van der Waals surface area contributed by atoms with E-state index in [0.29, 0.717) is 11.3 Å². The number of aliphatic imine (C=N–C) groups is 1. The highest BCUT2D eigenvalue weighted by Gasteiger charge is 2.25. The summed E-state index contributed by atoms with van der Waals surface area (Å²) in [5.74, 6) is 1.68. The van der Waals surface area contributed by atoms with Gasteiger partial charge in [0.05, 0.1) is 0 Å². The van der Waals surface area contributed by atoms with Crippen LogP contribution in [0.2, 0.25) is 0 Å². The van der Waals surface area contributed by atoms with Gasteiger partial charge in [-0.3, -0.25) is 9.20 Å². The summed E-state index contributed by atoms with van der Waals surface area (Å²) in [6, 6.07) is 0.418. The Kier molecular flexibility index (Phi) is 8.90. The Hall–Kier alpha value is -0.580. The van der Waals surface area contributed by atoms with Crippen molar-refractivity contribution in [3.05, 3.63) is 0 Å². The molecular weight excluding hydrogens is 270 g/mol. The minimum atomic E-state index is -0.659. The third kappa shape index (κ3) is 6.25. The number of nitrogens with one attached hydrogen (secondary N) is 2. The topological polar surface area (TPSA) is 53.5 Å². The van der Waals surface area contributed by atoms with Crippen LogP contribution in [0.1, 0.15) is 58.8 Å². The molecule has 0 aromatic carbocycles. The van der Waals surface area contributed by atoms with Crippen LogP contribution in [0.3, 0.4) is 0 Å². The molecule has 0 amide bonds. The van der Waals surface area contributed by atoms with E-state index in [1.165, 1.54) is 25.7 Å². The third-order valence-electron chi connectivity index (χ3n) is 3.92.